The van der Waals surface area contributed by atoms with E-state index in [1.165, 1.54) is 62.7 Å². The zero-order valence-electron chi connectivity index (χ0n) is 18.1. The van der Waals surface area contributed by atoms with Crippen LogP contribution < -0.4 is 0 Å². The third-order valence-corrected chi connectivity index (χ3v) is 7.02. The highest BCUT2D eigenvalue weighted by molar-refractivity contribution is 5.57. The Bertz CT molecular complexity index is 844. The van der Waals surface area contributed by atoms with E-state index in [4.69, 9.17) is 0 Å². The van der Waals surface area contributed by atoms with Gasteiger partial charge in [0.25, 0.3) is 0 Å². The Kier molecular flexibility index (Phi) is 6.40. The van der Waals surface area contributed by atoms with Crippen molar-refractivity contribution in [2.75, 3.05) is 19.6 Å². The van der Waals surface area contributed by atoms with Crippen LogP contribution in [-0.2, 0) is 5.41 Å². The molecule has 2 aliphatic rings. The summed E-state index contributed by atoms with van der Waals surface area (Å²) in [6.07, 6.45) is 12.4. The molecule has 1 aromatic carbocycles. The van der Waals surface area contributed by atoms with Gasteiger partial charge < -0.3 is 9.88 Å². The highest BCUT2D eigenvalue weighted by Gasteiger charge is 2.57. The summed E-state index contributed by atoms with van der Waals surface area (Å²) in [6, 6.07) is 9.05. The van der Waals surface area contributed by atoms with E-state index < -0.39 is 0 Å². The van der Waals surface area contributed by atoms with Crippen molar-refractivity contribution in [1.29, 1.82) is 0 Å². The Balaban J connectivity index is 1.29. The van der Waals surface area contributed by atoms with Crippen LogP contribution in [0.1, 0.15) is 64.4 Å². The Morgan fingerprint density at radius 1 is 1.28 bits per heavy atom. The van der Waals surface area contributed by atoms with Gasteiger partial charge in [-0.1, -0.05) is 38.0 Å². The number of rotatable bonds is 8. The van der Waals surface area contributed by atoms with Crippen LogP contribution in [-0.4, -0.2) is 34.5 Å². The van der Waals surface area contributed by atoms with Gasteiger partial charge in [-0.2, -0.15) is 0 Å². The molecule has 0 saturated heterocycles. The molecule has 2 aromatic rings. The normalized spacial score (nSPS) is 25.3. The third kappa shape index (κ3) is 4.59. The Morgan fingerprint density at radius 3 is 2.97 bits per heavy atom. The predicted octanol–water partition coefficient (Wildman–Crippen LogP) is 5.65. The largest absolute Gasteiger partial charge is 0.345 e. The SMILES string of the molecule is CCCN(CC)CCCC#C[C@@H]1CC[C@]2(c3cccc(-c4ncc[nH]4)c3)CC2C1. The summed E-state index contributed by atoms with van der Waals surface area (Å²) in [5.74, 6) is 9.54. The Hall–Kier alpha value is -2.05. The average molecular weight is 390 g/mol. The molecule has 2 saturated carbocycles. The van der Waals surface area contributed by atoms with Crippen LogP contribution in [0.15, 0.2) is 36.7 Å². The van der Waals surface area contributed by atoms with Crippen molar-refractivity contribution in [2.45, 2.75) is 64.2 Å². The van der Waals surface area contributed by atoms with E-state index in [0.717, 1.165) is 24.7 Å². The summed E-state index contributed by atoms with van der Waals surface area (Å²) in [5, 5.41) is 0. The Labute approximate surface area is 176 Å². The van der Waals surface area contributed by atoms with Gasteiger partial charge >= 0.3 is 0 Å². The number of unbranched alkanes of at least 4 members (excludes halogenated alkanes) is 1. The van der Waals surface area contributed by atoms with E-state index in [0.29, 0.717) is 11.3 Å². The van der Waals surface area contributed by atoms with Gasteiger partial charge in [0.15, 0.2) is 0 Å². The van der Waals surface area contributed by atoms with Crippen molar-refractivity contribution in [3.05, 3.63) is 42.2 Å². The van der Waals surface area contributed by atoms with Crippen LogP contribution in [0.3, 0.4) is 0 Å². The molecule has 0 spiro atoms. The highest BCUT2D eigenvalue weighted by atomic mass is 15.1. The van der Waals surface area contributed by atoms with E-state index in [-0.39, 0.29) is 0 Å². The molecule has 0 aliphatic heterocycles. The molecule has 3 heteroatoms. The Morgan fingerprint density at radius 2 is 2.21 bits per heavy atom. The first kappa shape index (κ1) is 20.2. The van der Waals surface area contributed by atoms with E-state index >= 15 is 0 Å². The van der Waals surface area contributed by atoms with Crippen LogP contribution in [0, 0.1) is 23.7 Å². The molecule has 154 valence electrons. The van der Waals surface area contributed by atoms with E-state index in [2.05, 4.69) is 64.8 Å². The summed E-state index contributed by atoms with van der Waals surface area (Å²) in [6.45, 7) is 8.10. The van der Waals surface area contributed by atoms with Crippen LogP contribution >= 0.6 is 0 Å². The van der Waals surface area contributed by atoms with E-state index in [1.807, 2.05) is 12.4 Å². The summed E-state index contributed by atoms with van der Waals surface area (Å²) in [4.78, 5) is 10.2. The van der Waals surface area contributed by atoms with Crippen molar-refractivity contribution >= 4 is 0 Å². The monoisotopic (exact) mass is 389 g/mol. The van der Waals surface area contributed by atoms with Gasteiger partial charge in [-0.25, -0.2) is 4.98 Å². The van der Waals surface area contributed by atoms with Crippen LogP contribution in [0.2, 0.25) is 0 Å². The molecule has 0 amide bonds. The molecule has 1 unspecified atom stereocenters. The molecule has 29 heavy (non-hydrogen) atoms. The minimum absolute atomic E-state index is 0.419. The molecule has 1 N–H and O–H groups in total. The predicted molar refractivity (Wildman–Crippen MR) is 121 cm³/mol. The average Bonchev–Trinajstić information content (AvgIpc) is 3.23. The number of imidazole rings is 1. The maximum absolute atomic E-state index is 4.42. The molecule has 3 atom stereocenters. The summed E-state index contributed by atoms with van der Waals surface area (Å²) >= 11 is 0. The second kappa shape index (κ2) is 9.18. The fourth-order valence-electron chi connectivity index (χ4n) is 5.27. The van der Waals surface area contributed by atoms with Gasteiger partial charge in [-0.15, -0.1) is 5.92 Å². The zero-order valence-corrected chi connectivity index (χ0v) is 18.1. The first-order valence-electron chi connectivity index (χ1n) is 11.6. The lowest BCUT2D eigenvalue weighted by Gasteiger charge is -2.26. The van der Waals surface area contributed by atoms with Crippen molar-refractivity contribution in [3.63, 3.8) is 0 Å². The van der Waals surface area contributed by atoms with Gasteiger partial charge in [0, 0.05) is 30.3 Å². The molecular weight excluding hydrogens is 354 g/mol. The minimum Gasteiger partial charge on any atom is -0.345 e. The summed E-state index contributed by atoms with van der Waals surface area (Å²) < 4.78 is 0. The van der Waals surface area contributed by atoms with Gasteiger partial charge in [0.2, 0.25) is 0 Å². The van der Waals surface area contributed by atoms with Crippen LogP contribution in [0.25, 0.3) is 11.4 Å². The topological polar surface area (TPSA) is 31.9 Å². The molecule has 2 aliphatic carbocycles. The lowest BCUT2D eigenvalue weighted by atomic mass is 9.78. The fraction of sp³-hybridized carbons (Fsp3) is 0.577. The number of aromatic amines is 1. The van der Waals surface area contributed by atoms with Gasteiger partial charge in [0.05, 0.1) is 0 Å². The number of nitrogens with zero attached hydrogens (tertiary/aromatic N) is 2. The fourth-order valence-corrected chi connectivity index (χ4v) is 5.27. The van der Waals surface area contributed by atoms with Crippen LogP contribution in [0.4, 0.5) is 0 Å². The minimum atomic E-state index is 0.419. The molecular formula is C26H35N3. The highest BCUT2D eigenvalue weighted by Crippen LogP contribution is 2.63. The number of hydrogen-bond donors (Lipinski definition) is 1. The summed E-state index contributed by atoms with van der Waals surface area (Å²) in [7, 11) is 0. The molecule has 2 fully saturated rings. The van der Waals surface area contributed by atoms with E-state index in [1.54, 1.807) is 0 Å². The second-order valence-electron chi connectivity index (χ2n) is 8.91. The maximum Gasteiger partial charge on any atom is 0.137 e. The smallest absolute Gasteiger partial charge is 0.137 e. The molecule has 0 radical (unpaired) electrons. The molecule has 3 nitrogen and oxygen atoms in total. The van der Waals surface area contributed by atoms with Crippen LogP contribution in [0.5, 0.6) is 0 Å². The van der Waals surface area contributed by atoms with Crippen molar-refractivity contribution in [2.24, 2.45) is 11.8 Å². The molecule has 1 heterocycles. The lowest BCUT2D eigenvalue weighted by Crippen LogP contribution is -2.25. The molecule has 1 aromatic heterocycles. The number of nitrogens with one attached hydrogen (secondary N) is 1. The quantitative estimate of drug-likeness (QED) is 0.467. The van der Waals surface area contributed by atoms with Crippen molar-refractivity contribution in [1.82, 2.24) is 14.9 Å². The zero-order chi connectivity index (χ0) is 20.1. The maximum atomic E-state index is 4.42. The molecule has 0 bridgehead atoms. The number of aromatic nitrogens is 2. The first-order chi connectivity index (χ1) is 14.2. The van der Waals surface area contributed by atoms with Gasteiger partial charge in [0.1, 0.15) is 5.82 Å². The molecule has 4 rings (SSSR count). The lowest BCUT2D eigenvalue weighted by molar-refractivity contribution is 0.286. The first-order valence-corrected chi connectivity index (χ1v) is 11.6. The van der Waals surface area contributed by atoms with Crippen molar-refractivity contribution < 1.29 is 0 Å². The number of H-pyrrole nitrogens is 1. The third-order valence-electron chi connectivity index (χ3n) is 7.02. The number of hydrogen-bond acceptors (Lipinski definition) is 2. The second-order valence-corrected chi connectivity index (χ2v) is 8.91. The van der Waals surface area contributed by atoms with Gasteiger partial charge in [-0.3, -0.25) is 0 Å². The number of benzene rings is 1. The summed E-state index contributed by atoms with van der Waals surface area (Å²) in [5.41, 5.74) is 3.14. The number of fused-ring (bicyclic) bond motifs is 1. The van der Waals surface area contributed by atoms with E-state index in [9.17, 15) is 0 Å². The van der Waals surface area contributed by atoms with Gasteiger partial charge in [-0.05, 0) is 81.1 Å². The standard InChI is InChI=1S/C26H35N3/c1-3-16-29(4-2)17-7-5-6-9-21-12-13-26(20-24(26)18-21)23-11-8-10-22(19-23)25-27-14-15-28-25/h8,10-11,14-15,19,21,24H,3-5,7,12-13,16-18,20H2,1-2H3,(H,27,28)/t21-,24?,26-/m1/s1. The van der Waals surface area contributed by atoms with Crippen molar-refractivity contribution in [3.8, 4) is 23.2 Å².